The Hall–Kier alpha value is -1.62. The van der Waals surface area contributed by atoms with E-state index in [1.165, 1.54) is 12.8 Å². The number of nitrogens with zero attached hydrogens (tertiary/aromatic N) is 1. The fraction of sp³-hybridized carbons (Fsp3) is 0.571. The summed E-state index contributed by atoms with van der Waals surface area (Å²) in [4.78, 5) is 15.9. The van der Waals surface area contributed by atoms with Gasteiger partial charge < -0.3 is 15.7 Å². The van der Waals surface area contributed by atoms with E-state index in [9.17, 15) is 9.90 Å². The molecule has 2 aliphatic carbocycles. The van der Waals surface area contributed by atoms with E-state index in [0.29, 0.717) is 17.5 Å². The summed E-state index contributed by atoms with van der Waals surface area (Å²) in [7, 11) is 0. The zero-order chi connectivity index (χ0) is 13.2. The topological polar surface area (TPSA) is 74.2 Å². The first-order valence-electron chi connectivity index (χ1n) is 6.86. The predicted molar refractivity (Wildman–Crippen MR) is 71.6 cm³/mol. The molecule has 0 saturated heterocycles. The number of nitrogens with one attached hydrogen (secondary N) is 2. The summed E-state index contributed by atoms with van der Waals surface area (Å²) in [6, 6.07) is 3.49. The van der Waals surface area contributed by atoms with Gasteiger partial charge in [-0.15, -0.1) is 0 Å². The number of aromatic nitrogens is 1. The lowest BCUT2D eigenvalue weighted by Gasteiger charge is -2.30. The highest BCUT2D eigenvalue weighted by atomic mass is 16.3. The Bertz CT molecular complexity index is 451. The molecule has 2 fully saturated rings. The Morgan fingerprint density at radius 1 is 1.42 bits per heavy atom. The number of urea groups is 1. The smallest absolute Gasteiger partial charge is 0.319 e. The summed E-state index contributed by atoms with van der Waals surface area (Å²) in [6.07, 6.45) is 6.78. The molecule has 4 atom stereocenters. The highest BCUT2D eigenvalue weighted by molar-refractivity contribution is 5.89. The van der Waals surface area contributed by atoms with Crippen molar-refractivity contribution in [3.05, 3.63) is 24.5 Å². The first kappa shape index (κ1) is 12.4. The van der Waals surface area contributed by atoms with E-state index >= 15 is 0 Å². The Labute approximate surface area is 112 Å². The summed E-state index contributed by atoms with van der Waals surface area (Å²) in [6.45, 7) is 0.166. The third-order valence-electron chi connectivity index (χ3n) is 4.52. The van der Waals surface area contributed by atoms with Crippen molar-refractivity contribution in [2.45, 2.75) is 25.3 Å². The number of aliphatic hydroxyl groups excluding tert-OH is 1. The Kier molecular flexibility index (Phi) is 3.38. The lowest BCUT2D eigenvalue weighted by molar-refractivity contribution is 0.146. The van der Waals surface area contributed by atoms with E-state index in [1.807, 2.05) is 0 Å². The van der Waals surface area contributed by atoms with Gasteiger partial charge in [0.15, 0.2) is 0 Å². The second-order valence-electron chi connectivity index (χ2n) is 5.55. The molecule has 3 rings (SSSR count). The number of fused-ring (bicyclic) bond motifs is 2. The molecular formula is C14H19N3O2. The van der Waals surface area contributed by atoms with Crippen molar-refractivity contribution < 1.29 is 9.90 Å². The van der Waals surface area contributed by atoms with Gasteiger partial charge in [0.25, 0.3) is 0 Å². The summed E-state index contributed by atoms with van der Waals surface area (Å²) in [5.41, 5.74) is 0.684. The normalized spacial score (nSPS) is 32.3. The maximum absolute atomic E-state index is 12.0. The zero-order valence-electron chi connectivity index (χ0n) is 10.7. The molecular weight excluding hydrogens is 242 g/mol. The summed E-state index contributed by atoms with van der Waals surface area (Å²) < 4.78 is 0. The Morgan fingerprint density at radius 2 is 2.26 bits per heavy atom. The zero-order valence-corrected chi connectivity index (χ0v) is 10.7. The molecule has 19 heavy (non-hydrogen) atoms. The molecule has 0 spiro atoms. The number of hydrogen-bond acceptors (Lipinski definition) is 3. The molecule has 2 aliphatic rings. The molecule has 2 bridgehead atoms. The maximum Gasteiger partial charge on any atom is 0.319 e. The van der Waals surface area contributed by atoms with Crippen LogP contribution in [0.1, 0.15) is 19.3 Å². The molecule has 1 aromatic heterocycles. The highest BCUT2D eigenvalue weighted by Crippen LogP contribution is 2.48. The average Bonchev–Trinajstić information content (AvgIpc) is 3.00. The van der Waals surface area contributed by atoms with Crippen molar-refractivity contribution in [3.8, 4) is 0 Å². The predicted octanol–water partition coefficient (Wildman–Crippen LogP) is 1.61. The van der Waals surface area contributed by atoms with Crippen molar-refractivity contribution in [1.82, 2.24) is 10.3 Å². The van der Waals surface area contributed by atoms with Crippen LogP contribution < -0.4 is 10.6 Å². The number of hydrogen-bond donors (Lipinski definition) is 3. The minimum Gasteiger partial charge on any atom is -0.396 e. The number of pyridine rings is 1. The van der Waals surface area contributed by atoms with Gasteiger partial charge in [0.05, 0.1) is 11.9 Å². The van der Waals surface area contributed by atoms with Crippen LogP contribution in [0.5, 0.6) is 0 Å². The van der Waals surface area contributed by atoms with Crippen molar-refractivity contribution in [3.63, 3.8) is 0 Å². The van der Waals surface area contributed by atoms with Crippen LogP contribution in [-0.4, -0.2) is 28.8 Å². The number of carbonyl (C=O) groups excluding carboxylic acids is 1. The molecule has 3 N–H and O–H groups in total. The van der Waals surface area contributed by atoms with Crippen LogP contribution in [-0.2, 0) is 0 Å². The third-order valence-corrected chi connectivity index (χ3v) is 4.52. The van der Waals surface area contributed by atoms with E-state index in [-0.39, 0.29) is 24.6 Å². The van der Waals surface area contributed by atoms with Crippen LogP contribution >= 0.6 is 0 Å². The van der Waals surface area contributed by atoms with Gasteiger partial charge in [0.1, 0.15) is 0 Å². The van der Waals surface area contributed by atoms with Crippen molar-refractivity contribution >= 4 is 11.7 Å². The fourth-order valence-electron chi connectivity index (χ4n) is 3.65. The number of carbonyl (C=O) groups is 1. The van der Waals surface area contributed by atoms with Crippen LogP contribution in [0.3, 0.4) is 0 Å². The molecule has 2 amide bonds. The molecule has 5 nitrogen and oxygen atoms in total. The van der Waals surface area contributed by atoms with E-state index in [1.54, 1.807) is 24.5 Å². The van der Waals surface area contributed by atoms with Crippen molar-refractivity contribution in [1.29, 1.82) is 0 Å². The van der Waals surface area contributed by atoms with E-state index in [0.717, 1.165) is 6.42 Å². The summed E-state index contributed by atoms with van der Waals surface area (Å²) in [5.74, 6) is 1.33. The minimum absolute atomic E-state index is 0.112. The number of aliphatic hydroxyl groups is 1. The highest BCUT2D eigenvalue weighted by Gasteiger charge is 2.47. The molecule has 0 aliphatic heterocycles. The quantitative estimate of drug-likeness (QED) is 0.774. The first-order valence-corrected chi connectivity index (χ1v) is 6.86. The van der Waals surface area contributed by atoms with Gasteiger partial charge in [-0.05, 0) is 43.2 Å². The van der Waals surface area contributed by atoms with Gasteiger partial charge in [-0.25, -0.2) is 4.79 Å². The van der Waals surface area contributed by atoms with E-state index in [4.69, 9.17) is 0 Å². The van der Waals surface area contributed by atoms with E-state index < -0.39 is 0 Å². The molecule has 1 heterocycles. The molecule has 1 aromatic rings. The third kappa shape index (κ3) is 2.42. The van der Waals surface area contributed by atoms with Crippen LogP contribution in [0.25, 0.3) is 0 Å². The second-order valence-corrected chi connectivity index (χ2v) is 5.55. The monoisotopic (exact) mass is 261 g/mol. The molecule has 0 radical (unpaired) electrons. The van der Waals surface area contributed by atoms with Crippen LogP contribution in [0.2, 0.25) is 0 Å². The van der Waals surface area contributed by atoms with Gasteiger partial charge in [0, 0.05) is 24.8 Å². The SMILES string of the molecule is O=C(Nc1cccnc1)N[C@@H]1[C@H]2CC[C@@H](C2)[C@@H]1CO. The van der Waals surface area contributed by atoms with Gasteiger partial charge in [-0.1, -0.05) is 0 Å². The van der Waals surface area contributed by atoms with Gasteiger partial charge in [-0.2, -0.15) is 0 Å². The molecule has 102 valence electrons. The van der Waals surface area contributed by atoms with Gasteiger partial charge in [0.2, 0.25) is 0 Å². The fourth-order valence-corrected chi connectivity index (χ4v) is 3.65. The average molecular weight is 261 g/mol. The summed E-state index contributed by atoms with van der Waals surface area (Å²) in [5, 5.41) is 15.3. The summed E-state index contributed by atoms with van der Waals surface area (Å²) >= 11 is 0. The minimum atomic E-state index is -0.205. The van der Waals surface area contributed by atoms with Crippen molar-refractivity contribution in [2.75, 3.05) is 11.9 Å². The van der Waals surface area contributed by atoms with Crippen LogP contribution in [0, 0.1) is 17.8 Å². The second kappa shape index (κ2) is 5.17. The molecule has 0 unspecified atom stereocenters. The number of anilines is 1. The maximum atomic E-state index is 12.0. The molecule has 0 aromatic carbocycles. The Balaban J connectivity index is 1.60. The molecule has 5 heteroatoms. The van der Waals surface area contributed by atoms with E-state index in [2.05, 4.69) is 15.6 Å². The van der Waals surface area contributed by atoms with Crippen LogP contribution in [0.4, 0.5) is 10.5 Å². The largest absolute Gasteiger partial charge is 0.396 e. The Morgan fingerprint density at radius 3 is 3.00 bits per heavy atom. The van der Waals surface area contributed by atoms with Crippen LogP contribution in [0.15, 0.2) is 24.5 Å². The van der Waals surface area contributed by atoms with Gasteiger partial charge >= 0.3 is 6.03 Å². The van der Waals surface area contributed by atoms with Gasteiger partial charge in [-0.3, -0.25) is 4.98 Å². The van der Waals surface area contributed by atoms with Crippen molar-refractivity contribution in [2.24, 2.45) is 17.8 Å². The standard InChI is InChI=1S/C14H19N3O2/c18-8-12-9-3-4-10(6-9)13(12)17-14(19)16-11-2-1-5-15-7-11/h1-2,5,7,9-10,12-13,18H,3-4,6,8H2,(H2,16,17,19)/t9-,10-,12-,13+/m0/s1. The number of amides is 2. The molecule has 2 saturated carbocycles. The number of rotatable bonds is 3. The lowest BCUT2D eigenvalue weighted by Crippen LogP contribution is -2.46. The first-order chi connectivity index (χ1) is 9.28. The lowest BCUT2D eigenvalue weighted by atomic mass is 9.85.